The van der Waals surface area contributed by atoms with Crippen molar-refractivity contribution in [3.63, 3.8) is 0 Å². The first-order chi connectivity index (χ1) is 24.6. The quantitative estimate of drug-likeness (QED) is 0.132. The largest absolute Gasteiger partial charge is 0.805 e. The molecule has 6 rings (SSSR count). The SMILES string of the molecule is O=C(O)C1(C(F)(F)F)C=C(c2ccccn2)N=N1.O=C(O)C1(C(F)(F)F)C=C(c2ccccn2)N=N1.O=[P+](Oc1ccccc1)Oc1ccccc1. The van der Waals surface area contributed by atoms with Gasteiger partial charge in [-0.25, -0.2) is 18.6 Å². The van der Waals surface area contributed by atoms with E-state index in [-0.39, 0.29) is 22.8 Å². The van der Waals surface area contributed by atoms with Crippen molar-refractivity contribution in [3.8, 4) is 11.5 Å². The summed E-state index contributed by atoms with van der Waals surface area (Å²) >= 11 is 0. The van der Waals surface area contributed by atoms with E-state index < -0.39 is 43.6 Å². The third-order valence-electron chi connectivity index (χ3n) is 6.54. The van der Waals surface area contributed by atoms with E-state index in [1.165, 1.54) is 24.5 Å². The second-order valence-corrected chi connectivity index (χ2v) is 10.9. The van der Waals surface area contributed by atoms with Crippen LogP contribution in [0.15, 0.2) is 142 Å². The topological polar surface area (TPSA) is 185 Å². The maximum atomic E-state index is 12.8. The van der Waals surface area contributed by atoms with Gasteiger partial charge in [0.25, 0.3) is 11.1 Å². The molecule has 2 atom stereocenters. The Morgan fingerprint density at radius 1 is 0.577 bits per heavy atom. The number of para-hydroxylation sites is 2. The third-order valence-corrected chi connectivity index (χ3v) is 7.26. The highest BCUT2D eigenvalue weighted by atomic mass is 31.1. The number of carboxylic acid groups (broad SMARTS) is 2. The molecule has 52 heavy (non-hydrogen) atoms. The molecule has 0 saturated heterocycles. The monoisotopic (exact) mass is 747 g/mol. The van der Waals surface area contributed by atoms with E-state index in [1.54, 1.807) is 72.8 Å². The minimum absolute atomic E-state index is 0.133. The van der Waals surface area contributed by atoms with E-state index >= 15 is 0 Å². The summed E-state index contributed by atoms with van der Waals surface area (Å²) in [7, 11) is -2.18. The number of rotatable bonds is 8. The fourth-order valence-corrected chi connectivity index (χ4v) is 4.56. The predicted molar refractivity (Wildman–Crippen MR) is 169 cm³/mol. The van der Waals surface area contributed by atoms with Crippen LogP contribution in [0.2, 0.25) is 0 Å². The number of halogens is 6. The fourth-order valence-electron chi connectivity index (χ4n) is 3.94. The van der Waals surface area contributed by atoms with Crippen LogP contribution >= 0.6 is 8.25 Å². The van der Waals surface area contributed by atoms with E-state index in [0.717, 1.165) is 0 Å². The van der Waals surface area contributed by atoms with Gasteiger partial charge >= 0.3 is 32.5 Å². The number of carbonyl (C=O) groups is 2. The van der Waals surface area contributed by atoms with Crippen LogP contribution in [0.4, 0.5) is 26.3 Å². The maximum absolute atomic E-state index is 12.8. The highest BCUT2D eigenvalue weighted by molar-refractivity contribution is 7.34. The zero-order valence-corrected chi connectivity index (χ0v) is 26.8. The average Bonchev–Trinajstić information content (AvgIpc) is 3.79. The molecule has 0 amide bonds. The lowest BCUT2D eigenvalue weighted by Crippen LogP contribution is -2.47. The average molecular weight is 748 g/mol. The number of carboxylic acids is 2. The molecule has 0 spiro atoms. The van der Waals surface area contributed by atoms with Gasteiger partial charge in [-0.2, -0.15) is 46.8 Å². The Balaban J connectivity index is 0.000000175. The van der Waals surface area contributed by atoms with Crippen molar-refractivity contribution < 1.29 is 59.8 Å². The third kappa shape index (κ3) is 9.05. The van der Waals surface area contributed by atoms with Crippen LogP contribution in [0, 0.1) is 0 Å². The van der Waals surface area contributed by atoms with Gasteiger partial charge < -0.3 is 10.2 Å². The smallest absolute Gasteiger partial charge is 0.479 e. The normalized spacial score (nSPS) is 18.8. The minimum atomic E-state index is -5.06. The minimum Gasteiger partial charge on any atom is -0.479 e. The Bertz CT molecular complexity index is 1860. The van der Waals surface area contributed by atoms with Crippen LogP contribution in [0.1, 0.15) is 11.4 Å². The van der Waals surface area contributed by atoms with Crippen LogP contribution in [-0.2, 0) is 14.2 Å². The van der Waals surface area contributed by atoms with Gasteiger partial charge in [-0.05, 0) is 60.7 Å². The highest BCUT2D eigenvalue weighted by Gasteiger charge is 2.63. The molecule has 268 valence electrons. The summed E-state index contributed by atoms with van der Waals surface area (Å²) in [6.07, 6.45) is -6.48. The van der Waals surface area contributed by atoms with Gasteiger partial charge in [-0.3, -0.25) is 9.97 Å². The van der Waals surface area contributed by atoms with E-state index in [2.05, 4.69) is 30.4 Å². The summed E-state index contributed by atoms with van der Waals surface area (Å²) in [5, 5.41) is 29.7. The summed E-state index contributed by atoms with van der Waals surface area (Å²) in [4.78, 5) is 29.2. The van der Waals surface area contributed by atoms with Crippen molar-refractivity contribution in [2.75, 3.05) is 0 Å². The molecule has 2 aromatic heterocycles. The van der Waals surface area contributed by atoms with E-state index in [0.29, 0.717) is 23.7 Å². The number of aliphatic carboxylic acids is 2. The number of hydrogen-bond acceptors (Lipinski definition) is 11. The zero-order valence-electron chi connectivity index (χ0n) is 25.9. The van der Waals surface area contributed by atoms with Gasteiger partial charge in [0.1, 0.15) is 11.4 Å². The highest BCUT2D eigenvalue weighted by Crippen LogP contribution is 2.43. The molecule has 2 aromatic carbocycles. The van der Waals surface area contributed by atoms with Gasteiger partial charge in [0.2, 0.25) is 0 Å². The predicted octanol–water partition coefficient (Wildman–Crippen LogP) is 8.35. The first-order valence-electron chi connectivity index (χ1n) is 14.3. The van der Waals surface area contributed by atoms with Crippen molar-refractivity contribution >= 4 is 31.6 Å². The molecule has 20 heteroatoms. The van der Waals surface area contributed by atoms with Crippen LogP contribution in [0.3, 0.4) is 0 Å². The lowest BCUT2D eigenvalue weighted by Gasteiger charge is -2.20. The standard InChI is InChI=1S/C12H10O3P.2C10H6F3N3O2/c13-16(14-11-7-3-1-4-8-11)15-12-9-5-2-6-10-12;2*11-10(12,13)9(8(17)18)5-7(15-16-9)6-3-1-2-4-14-6/h1-10H;2*1-5H,(H,17,18)/q+1;;. The Morgan fingerprint density at radius 2 is 0.923 bits per heavy atom. The van der Waals surface area contributed by atoms with E-state index in [9.17, 15) is 40.5 Å². The lowest BCUT2D eigenvalue weighted by atomic mass is 9.99. The molecular formula is C32H22F6N6O7P+. The summed E-state index contributed by atoms with van der Waals surface area (Å²) in [5.74, 6) is -3.19. The molecule has 2 aliphatic heterocycles. The number of benzene rings is 2. The first-order valence-corrected chi connectivity index (χ1v) is 15.4. The molecule has 4 heterocycles. The van der Waals surface area contributed by atoms with Crippen molar-refractivity contribution in [1.82, 2.24) is 9.97 Å². The van der Waals surface area contributed by atoms with E-state index in [4.69, 9.17) is 19.3 Å². The summed E-state index contributed by atoms with van der Waals surface area (Å²) in [6.45, 7) is 0. The number of hydrogen-bond donors (Lipinski definition) is 2. The van der Waals surface area contributed by atoms with Crippen LogP contribution in [0.5, 0.6) is 11.5 Å². The van der Waals surface area contributed by atoms with Gasteiger partial charge in [0.05, 0.1) is 11.4 Å². The molecule has 2 unspecified atom stereocenters. The molecule has 0 saturated carbocycles. The number of azo groups is 2. The summed E-state index contributed by atoms with van der Waals surface area (Å²) in [6, 6.07) is 26.9. The van der Waals surface area contributed by atoms with Gasteiger partial charge in [0, 0.05) is 17.0 Å². The van der Waals surface area contributed by atoms with Crippen LogP contribution in [-0.4, -0.2) is 55.6 Å². The van der Waals surface area contributed by atoms with Crippen molar-refractivity contribution in [3.05, 3.63) is 133 Å². The molecule has 2 aliphatic rings. The second kappa shape index (κ2) is 16.1. The molecule has 2 N–H and O–H groups in total. The number of alkyl halides is 6. The summed E-state index contributed by atoms with van der Waals surface area (Å²) < 4.78 is 98.2. The van der Waals surface area contributed by atoms with E-state index in [1.807, 2.05) is 12.1 Å². The first kappa shape index (κ1) is 38.4. The molecule has 13 nitrogen and oxygen atoms in total. The lowest BCUT2D eigenvalue weighted by molar-refractivity contribution is -0.192. The fraction of sp³-hybridized carbons (Fsp3) is 0.125. The zero-order chi connectivity index (χ0) is 38.0. The van der Waals surface area contributed by atoms with Gasteiger partial charge in [-0.15, -0.1) is 0 Å². The molecule has 0 fully saturated rings. The summed E-state index contributed by atoms with van der Waals surface area (Å²) in [5.41, 5.74) is -6.80. The molecule has 0 aliphatic carbocycles. The number of pyridine rings is 2. The second-order valence-electron chi connectivity index (χ2n) is 10.1. The molecule has 0 radical (unpaired) electrons. The molecular weight excluding hydrogens is 725 g/mol. The Kier molecular flexibility index (Phi) is 11.9. The Labute approximate surface area is 289 Å². The molecule has 0 bridgehead atoms. The van der Waals surface area contributed by atoms with Crippen molar-refractivity contribution in [2.24, 2.45) is 20.5 Å². The van der Waals surface area contributed by atoms with Crippen molar-refractivity contribution in [1.29, 1.82) is 0 Å². The van der Waals surface area contributed by atoms with Gasteiger partial charge in [0.15, 0.2) is 11.5 Å². The Morgan fingerprint density at radius 3 is 1.19 bits per heavy atom. The van der Waals surface area contributed by atoms with Crippen LogP contribution < -0.4 is 9.05 Å². The molecule has 4 aromatic rings. The Hall–Kier alpha value is -6.36. The van der Waals surface area contributed by atoms with Crippen molar-refractivity contribution in [2.45, 2.75) is 23.4 Å². The number of aromatic nitrogens is 2. The van der Waals surface area contributed by atoms with Gasteiger partial charge in [-0.1, -0.05) is 48.5 Å². The maximum Gasteiger partial charge on any atom is 0.805 e. The number of nitrogens with zero attached hydrogens (tertiary/aromatic N) is 6. The van der Waals surface area contributed by atoms with Crippen LogP contribution in [0.25, 0.3) is 11.4 Å².